The van der Waals surface area contributed by atoms with E-state index in [1.54, 1.807) is 0 Å². The Kier molecular flexibility index (Phi) is 7.96. The van der Waals surface area contributed by atoms with E-state index in [9.17, 15) is 0 Å². The summed E-state index contributed by atoms with van der Waals surface area (Å²) >= 11 is 0. The fraction of sp³-hybridized carbons (Fsp3) is 0.188. The van der Waals surface area contributed by atoms with Gasteiger partial charge in [0.1, 0.15) is 0 Å². The first-order valence-corrected chi connectivity index (χ1v) is 25.4. The number of aliphatic imine (C=N–C) groups is 1. The summed E-state index contributed by atoms with van der Waals surface area (Å²) in [6, 6.07) is 44.6. The normalized spacial score (nSPS) is 20.5. The largest absolute Gasteiger partial charge is 0.333 e. The lowest BCUT2D eigenvalue weighted by atomic mass is 9.73. The summed E-state index contributed by atoms with van der Waals surface area (Å²) in [5.41, 5.74) is 25.9. The maximum absolute atomic E-state index is 4.77. The number of pyridine rings is 1. The lowest BCUT2D eigenvalue weighted by Gasteiger charge is -2.32. The number of hydrogen-bond donors (Lipinski definition) is 0. The summed E-state index contributed by atoms with van der Waals surface area (Å²) < 4.78 is 7.93. The Morgan fingerprint density at radius 2 is 1.27 bits per heavy atom. The zero-order valence-corrected chi connectivity index (χ0v) is 39.4. The van der Waals surface area contributed by atoms with Crippen LogP contribution in [-0.2, 0) is 32.1 Å². The molecule has 10 aromatic rings. The number of benzene rings is 6. The third kappa shape index (κ3) is 5.23. The van der Waals surface area contributed by atoms with Gasteiger partial charge in [-0.2, -0.15) is 0 Å². The average Bonchev–Trinajstić information content (AvgIpc) is 4.13. The molecule has 4 aliphatic carbocycles. The highest BCUT2D eigenvalue weighted by Crippen LogP contribution is 2.54. The van der Waals surface area contributed by atoms with E-state index in [0.29, 0.717) is 5.92 Å². The van der Waals surface area contributed by atoms with E-state index in [-0.39, 0.29) is 18.1 Å². The molecule has 4 unspecified atom stereocenters. The number of aryl methyl sites for hydroxylation is 5. The Balaban J connectivity index is 0.922. The van der Waals surface area contributed by atoms with Crippen LogP contribution in [0.2, 0.25) is 0 Å². The zero-order chi connectivity index (χ0) is 45.9. The SMILES string of the molecule is CC1=NC=CC(n2c3c(c4cc5c6c(c42)CCc2cc4c7cc(N8c9ccccc9C9C=CC=CC98)ccc7n(-c7ccnc(C)c7)c4c(c2-6)CC5)CC(n2c4ccccc4c4ccccc42)C=C3)C1. The van der Waals surface area contributed by atoms with Gasteiger partial charge in [0.15, 0.2) is 0 Å². The number of hydrogen-bond acceptors (Lipinski definition) is 3. The summed E-state index contributed by atoms with van der Waals surface area (Å²) in [5, 5.41) is 6.78. The van der Waals surface area contributed by atoms with Crippen molar-refractivity contribution in [2.45, 2.75) is 76.4 Å². The molecule has 0 radical (unpaired) electrons. The molecule has 0 saturated carbocycles. The molecule has 16 rings (SSSR count). The summed E-state index contributed by atoms with van der Waals surface area (Å²) in [6.07, 6.45) is 26.5. The molecular formula is C64H50N6. The topological polar surface area (TPSA) is 43.3 Å². The second-order valence-electron chi connectivity index (χ2n) is 20.7. The van der Waals surface area contributed by atoms with Crippen molar-refractivity contribution in [1.29, 1.82) is 0 Å². The van der Waals surface area contributed by atoms with E-state index in [1.807, 2.05) is 6.20 Å². The Hall–Kier alpha value is -7.96. The van der Waals surface area contributed by atoms with Gasteiger partial charge >= 0.3 is 0 Å². The molecule has 336 valence electrons. The van der Waals surface area contributed by atoms with E-state index in [1.165, 1.54) is 127 Å². The molecule has 2 aliphatic heterocycles. The van der Waals surface area contributed by atoms with Crippen molar-refractivity contribution in [1.82, 2.24) is 18.7 Å². The molecule has 6 aromatic carbocycles. The number of anilines is 2. The Morgan fingerprint density at radius 1 is 0.543 bits per heavy atom. The fourth-order valence-electron chi connectivity index (χ4n) is 14.3. The van der Waals surface area contributed by atoms with E-state index >= 15 is 0 Å². The first kappa shape index (κ1) is 38.9. The van der Waals surface area contributed by atoms with Gasteiger partial charge in [0.2, 0.25) is 0 Å². The fourth-order valence-corrected chi connectivity index (χ4v) is 14.3. The molecule has 0 spiro atoms. The van der Waals surface area contributed by atoms with Gasteiger partial charge in [-0.05, 0) is 163 Å². The molecular weight excluding hydrogens is 853 g/mol. The molecule has 6 heterocycles. The van der Waals surface area contributed by atoms with Crippen molar-refractivity contribution in [2.24, 2.45) is 4.99 Å². The summed E-state index contributed by atoms with van der Waals surface area (Å²) in [5.74, 6) is 0.339. The third-order valence-electron chi connectivity index (χ3n) is 17.0. The van der Waals surface area contributed by atoms with Crippen LogP contribution >= 0.6 is 0 Å². The van der Waals surface area contributed by atoms with Gasteiger partial charge in [0, 0.05) is 96.9 Å². The minimum atomic E-state index is 0.198. The Labute approximate surface area is 406 Å². The van der Waals surface area contributed by atoms with Gasteiger partial charge < -0.3 is 18.6 Å². The Morgan fingerprint density at radius 3 is 2.07 bits per heavy atom. The molecule has 0 amide bonds. The molecule has 6 nitrogen and oxygen atoms in total. The summed E-state index contributed by atoms with van der Waals surface area (Å²) in [4.78, 5) is 12.0. The minimum absolute atomic E-state index is 0.198. The number of aromatic nitrogens is 4. The highest BCUT2D eigenvalue weighted by Gasteiger charge is 2.39. The van der Waals surface area contributed by atoms with Crippen LogP contribution in [0.3, 0.4) is 0 Å². The van der Waals surface area contributed by atoms with E-state index in [0.717, 1.165) is 44.2 Å². The monoisotopic (exact) mass is 902 g/mol. The van der Waals surface area contributed by atoms with Crippen molar-refractivity contribution in [2.75, 3.05) is 4.90 Å². The highest BCUT2D eigenvalue weighted by atomic mass is 15.2. The van der Waals surface area contributed by atoms with Gasteiger partial charge in [-0.25, -0.2) is 0 Å². The molecule has 0 fully saturated rings. The zero-order valence-electron chi connectivity index (χ0n) is 39.4. The van der Waals surface area contributed by atoms with Crippen molar-refractivity contribution < 1.29 is 0 Å². The third-order valence-corrected chi connectivity index (χ3v) is 17.0. The van der Waals surface area contributed by atoms with Crippen LogP contribution in [0, 0.1) is 6.92 Å². The summed E-state index contributed by atoms with van der Waals surface area (Å²) in [6.45, 7) is 4.31. The number of para-hydroxylation sites is 3. The molecule has 6 heteroatoms. The van der Waals surface area contributed by atoms with Crippen molar-refractivity contribution in [3.63, 3.8) is 0 Å². The van der Waals surface area contributed by atoms with Crippen LogP contribution < -0.4 is 4.90 Å². The van der Waals surface area contributed by atoms with Gasteiger partial charge in [-0.15, -0.1) is 0 Å². The van der Waals surface area contributed by atoms with Gasteiger partial charge in [0.25, 0.3) is 0 Å². The van der Waals surface area contributed by atoms with Gasteiger partial charge in [0.05, 0.1) is 34.7 Å². The number of rotatable bonds is 4. The van der Waals surface area contributed by atoms with Gasteiger partial charge in [-0.1, -0.05) is 85.0 Å². The predicted octanol–water partition coefficient (Wildman–Crippen LogP) is 14.9. The maximum atomic E-state index is 4.77. The smallest absolute Gasteiger partial charge is 0.0629 e. The van der Waals surface area contributed by atoms with E-state index < -0.39 is 0 Å². The first-order valence-electron chi connectivity index (χ1n) is 25.4. The quantitative estimate of drug-likeness (QED) is 0.177. The number of allylic oxidation sites excluding steroid dienone is 4. The molecule has 70 heavy (non-hydrogen) atoms. The second kappa shape index (κ2) is 14.3. The van der Waals surface area contributed by atoms with Crippen LogP contribution in [0.4, 0.5) is 11.4 Å². The van der Waals surface area contributed by atoms with E-state index in [2.05, 4.69) is 201 Å². The lowest BCUT2D eigenvalue weighted by Crippen LogP contribution is -2.28. The van der Waals surface area contributed by atoms with Crippen LogP contribution in [0.1, 0.15) is 76.1 Å². The van der Waals surface area contributed by atoms with Crippen LogP contribution in [0.5, 0.6) is 0 Å². The second-order valence-corrected chi connectivity index (χ2v) is 20.7. The van der Waals surface area contributed by atoms with Crippen molar-refractivity contribution in [3.8, 4) is 16.8 Å². The number of fused-ring (bicyclic) bond motifs is 14. The highest BCUT2D eigenvalue weighted by molar-refractivity contribution is 6.15. The van der Waals surface area contributed by atoms with Gasteiger partial charge in [-0.3, -0.25) is 9.98 Å². The Bertz CT molecular complexity index is 4090. The molecule has 0 saturated heterocycles. The van der Waals surface area contributed by atoms with Crippen molar-refractivity contribution >= 4 is 77.7 Å². The van der Waals surface area contributed by atoms with Crippen LogP contribution in [0.15, 0.2) is 169 Å². The lowest BCUT2D eigenvalue weighted by molar-refractivity contribution is 0.607. The minimum Gasteiger partial charge on any atom is -0.333 e. The molecule has 0 N–H and O–H groups in total. The van der Waals surface area contributed by atoms with E-state index in [4.69, 9.17) is 4.99 Å². The standard InChI is InChI=1S/C64H50N6/c1-37-31-43(27-29-65-37)69-59-25-21-41(67-55-15-7-3-11-45(55)46-12-4-8-16-56(46)67)35-51(59)53-33-39-20-24-50-62-40(19-23-49(61(39)62)63(53)69)34-54-52-36-42(22-26-60(52)70(64(50)54)44-28-30-66-38(2)32-44)68-57-17-9-5-13-47(57)48-14-6-10-18-58(48)68/h3-18,21-22,25-31,33-35,42,44-45,55H,19-20,23-24,32,36H2,1-2H3. The molecule has 6 aliphatic rings. The molecule has 0 bridgehead atoms. The molecule has 4 atom stereocenters. The summed E-state index contributed by atoms with van der Waals surface area (Å²) in [7, 11) is 0. The van der Waals surface area contributed by atoms with Crippen LogP contribution in [-0.4, -0.2) is 30.4 Å². The van der Waals surface area contributed by atoms with Crippen molar-refractivity contribution in [3.05, 3.63) is 209 Å². The number of nitrogens with zero attached hydrogens (tertiary/aromatic N) is 6. The van der Waals surface area contributed by atoms with Crippen LogP contribution in [0.25, 0.3) is 77.4 Å². The molecule has 4 aromatic heterocycles. The predicted molar refractivity (Wildman–Crippen MR) is 290 cm³/mol. The average molecular weight is 903 g/mol. The maximum Gasteiger partial charge on any atom is 0.0629 e. The first-order chi connectivity index (χ1) is 34.6.